The molecule has 1 fully saturated rings. The van der Waals surface area contributed by atoms with Crippen molar-refractivity contribution < 1.29 is 9.59 Å². The van der Waals surface area contributed by atoms with Gasteiger partial charge >= 0.3 is 0 Å². The lowest BCUT2D eigenvalue weighted by atomic mass is 9.93. The Morgan fingerprint density at radius 1 is 1.06 bits per heavy atom. The van der Waals surface area contributed by atoms with Crippen LogP contribution in [0.25, 0.3) is 5.69 Å². The van der Waals surface area contributed by atoms with Crippen LogP contribution in [-0.2, 0) is 6.42 Å². The summed E-state index contributed by atoms with van der Waals surface area (Å²) in [5.74, 6) is 0.0133. The number of aryl methyl sites for hydroxylation is 1. The van der Waals surface area contributed by atoms with Crippen molar-refractivity contribution in [3.8, 4) is 5.69 Å². The summed E-state index contributed by atoms with van der Waals surface area (Å²) in [6.07, 6.45) is 3.75. The first-order valence-corrected chi connectivity index (χ1v) is 11.5. The van der Waals surface area contributed by atoms with Crippen molar-refractivity contribution in [2.75, 3.05) is 31.1 Å². The zero-order valence-corrected chi connectivity index (χ0v) is 19.1. The number of rotatable bonds is 3. The number of fused-ring (bicyclic) bond motifs is 1. The minimum absolute atomic E-state index is 0.0990. The Morgan fingerprint density at radius 3 is 2.48 bits per heavy atom. The number of piperazine rings is 1. The third kappa shape index (κ3) is 3.74. The normalized spacial score (nSPS) is 16.1. The van der Waals surface area contributed by atoms with E-state index < -0.39 is 0 Å². The lowest BCUT2D eigenvalue weighted by Crippen LogP contribution is -2.49. The molecule has 3 heterocycles. The van der Waals surface area contributed by atoms with Crippen LogP contribution in [0.2, 0.25) is 5.02 Å². The standard InChI is InChI=1S/C24H24ClN5O3/c1-15-20-17(8-5-9-19(20)31)27-22(15)24(33)29-12-10-28(11-13-29)18-14-26-30(23(32)21(18)25)16-6-3-2-4-7-16/h2-4,6-7,14,27H,5,8-13H2,1H3. The highest BCUT2D eigenvalue weighted by Crippen LogP contribution is 2.28. The largest absolute Gasteiger partial charge is 0.365 e. The lowest BCUT2D eigenvalue weighted by molar-refractivity contribution is 0.0740. The maximum absolute atomic E-state index is 13.2. The average Bonchev–Trinajstić information content (AvgIpc) is 3.18. The maximum atomic E-state index is 13.2. The molecule has 5 rings (SSSR count). The summed E-state index contributed by atoms with van der Waals surface area (Å²) in [6.45, 7) is 3.86. The number of ketones is 1. The lowest BCUT2D eigenvalue weighted by Gasteiger charge is -2.36. The molecule has 8 nitrogen and oxygen atoms in total. The molecule has 1 aliphatic heterocycles. The van der Waals surface area contributed by atoms with Gasteiger partial charge in [-0.1, -0.05) is 29.8 Å². The number of nitrogens with zero attached hydrogens (tertiary/aromatic N) is 4. The van der Waals surface area contributed by atoms with Gasteiger partial charge in [0.15, 0.2) is 5.78 Å². The smallest absolute Gasteiger partial charge is 0.292 e. The van der Waals surface area contributed by atoms with Gasteiger partial charge in [0.05, 0.1) is 17.6 Å². The van der Waals surface area contributed by atoms with Gasteiger partial charge in [-0.25, -0.2) is 0 Å². The van der Waals surface area contributed by atoms with Crippen molar-refractivity contribution in [2.24, 2.45) is 0 Å². The Balaban J connectivity index is 1.32. The fraction of sp³-hybridized carbons (Fsp3) is 0.333. The molecule has 2 aliphatic rings. The monoisotopic (exact) mass is 465 g/mol. The second-order valence-corrected chi connectivity index (χ2v) is 8.81. The van der Waals surface area contributed by atoms with Crippen LogP contribution in [0.3, 0.4) is 0 Å². The first-order valence-electron chi connectivity index (χ1n) is 11.1. The second-order valence-electron chi connectivity index (χ2n) is 8.43. The zero-order chi connectivity index (χ0) is 23.1. The van der Waals surface area contributed by atoms with Crippen molar-refractivity contribution in [2.45, 2.75) is 26.2 Å². The van der Waals surface area contributed by atoms with Gasteiger partial charge < -0.3 is 14.8 Å². The molecule has 3 aromatic rings. The van der Waals surface area contributed by atoms with Crippen LogP contribution >= 0.6 is 11.6 Å². The van der Waals surface area contributed by atoms with Crippen LogP contribution in [0.4, 0.5) is 5.69 Å². The van der Waals surface area contributed by atoms with Gasteiger partial charge in [-0.2, -0.15) is 9.78 Å². The molecule has 0 bridgehead atoms. The van der Waals surface area contributed by atoms with Crippen molar-refractivity contribution in [3.63, 3.8) is 0 Å². The molecular formula is C24H24ClN5O3. The molecule has 1 saturated heterocycles. The number of halogens is 1. The molecular weight excluding hydrogens is 442 g/mol. The van der Waals surface area contributed by atoms with Crippen LogP contribution in [0.5, 0.6) is 0 Å². The number of carbonyl (C=O) groups is 2. The molecule has 33 heavy (non-hydrogen) atoms. The van der Waals surface area contributed by atoms with Crippen LogP contribution in [-0.4, -0.2) is 57.5 Å². The van der Waals surface area contributed by atoms with Crippen LogP contribution in [0.1, 0.15) is 44.9 Å². The quantitative estimate of drug-likeness (QED) is 0.642. The second kappa shape index (κ2) is 8.51. The summed E-state index contributed by atoms with van der Waals surface area (Å²) in [4.78, 5) is 45.2. The topological polar surface area (TPSA) is 91.3 Å². The maximum Gasteiger partial charge on any atom is 0.292 e. The number of amides is 1. The summed E-state index contributed by atoms with van der Waals surface area (Å²) < 4.78 is 1.28. The van der Waals surface area contributed by atoms with E-state index in [1.165, 1.54) is 4.68 Å². The molecule has 0 unspecified atom stereocenters. The minimum atomic E-state index is -0.379. The number of Topliss-reactive ketones (excluding diaryl/α,β-unsaturated/α-hetero) is 1. The highest BCUT2D eigenvalue weighted by Gasteiger charge is 2.30. The molecule has 2 aromatic heterocycles. The number of H-pyrrole nitrogens is 1. The van der Waals surface area contributed by atoms with Crippen LogP contribution < -0.4 is 10.5 Å². The number of hydrogen-bond acceptors (Lipinski definition) is 5. The molecule has 0 atom stereocenters. The van der Waals surface area contributed by atoms with Crippen molar-refractivity contribution in [1.29, 1.82) is 0 Å². The Hall–Kier alpha value is -3.39. The van der Waals surface area contributed by atoms with E-state index in [9.17, 15) is 14.4 Å². The number of aromatic amines is 1. The Bertz CT molecular complexity index is 1290. The summed E-state index contributed by atoms with van der Waals surface area (Å²) in [6, 6.07) is 9.12. The van der Waals surface area contributed by atoms with E-state index in [0.29, 0.717) is 55.2 Å². The zero-order valence-electron chi connectivity index (χ0n) is 18.3. The van der Waals surface area contributed by atoms with Crippen molar-refractivity contribution in [3.05, 3.63) is 74.4 Å². The number of carbonyl (C=O) groups excluding carboxylic acids is 2. The summed E-state index contributed by atoms with van der Waals surface area (Å²) >= 11 is 6.44. The molecule has 0 saturated carbocycles. The number of benzene rings is 1. The minimum Gasteiger partial charge on any atom is -0.365 e. The number of aromatic nitrogens is 3. The average molecular weight is 466 g/mol. The van der Waals surface area contributed by atoms with Gasteiger partial charge in [-0.15, -0.1) is 0 Å². The van der Waals surface area contributed by atoms with Gasteiger partial charge in [0.25, 0.3) is 11.5 Å². The van der Waals surface area contributed by atoms with Crippen LogP contribution in [0.15, 0.2) is 41.3 Å². The van der Waals surface area contributed by atoms with E-state index >= 15 is 0 Å². The van der Waals surface area contributed by atoms with E-state index in [0.717, 1.165) is 24.1 Å². The van der Waals surface area contributed by atoms with Gasteiger partial charge in [0, 0.05) is 43.9 Å². The third-order valence-electron chi connectivity index (χ3n) is 6.46. The van der Waals surface area contributed by atoms with E-state index in [2.05, 4.69) is 10.1 Å². The molecule has 9 heteroatoms. The highest BCUT2D eigenvalue weighted by molar-refractivity contribution is 6.33. The predicted molar refractivity (Wildman–Crippen MR) is 126 cm³/mol. The first kappa shape index (κ1) is 21.5. The molecule has 0 radical (unpaired) electrons. The number of hydrogen-bond donors (Lipinski definition) is 1. The Morgan fingerprint density at radius 2 is 1.79 bits per heavy atom. The molecule has 0 spiro atoms. The van der Waals surface area contributed by atoms with Gasteiger partial charge in [-0.05, 0) is 37.5 Å². The molecule has 170 valence electrons. The molecule has 1 aliphatic carbocycles. The van der Waals surface area contributed by atoms with Gasteiger partial charge in [-0.3, -0.25) is 14.4 Å². The van der Waals surface area contributed by atoms with Crippen molar-refractivity contribution >= 4 is 29.0 Å². The number of para-hydroxylation sites is 1. The predicted octanol–water partition coefficient (Wildman–Crippen LogP) is 3.00. The summed E-state index contributed by atoms with van der Waals surface area (Å²) in [5, 5.41) is 4.41. The van der Waals surface area contributed by atoms with Crippen LogP contribution in [0, 0.1) is 6.92 Å². The third-order valence-corrected chi connectivity index (χ3v) is 6.82. The van der Waals surface area contributed by atoms with E-state index in [-0.39, 0.29) is 22.3 Å². The Kier molecular flexibility index (Phi) is 5.54. The van der Waals surface area contributed by atoms with E-state index in [4.69, 9.17) is 11.6 Å². The Labute approximate surface area is 195 Å². The number of anilines is 1. The highest BCUT2D eigenvalue weighted by atomic mass is 35.5. The molecule has 1 N–H and O–H groups in total. The molecule has 1 aromatic carbocycles. The van der Waals surface area contributed by atoms with E-state index in [1.54, 1.807) is 23.2 Å². The summed E-state index contributed by atoms with van der Waals surface area (Å²) in [5.41, 5.74) is 3.67. The summed E-state index contributed by atoms with van der Waals surface area (Å²) in [7, 11) is 0. The number of nitrogens with one attached hydrogen (secondary N) is 1. The van der Waals surface area contributed by atoms with Crippen molar-refractivity contribution in [1.82, 2.24) is 19.7 Å². The SMILES string of the molecule is Cc1c(C(=O)N2CCN(c3cnn(-c4ccccc4)c(=O)c3Cl)CC2)[nH]c2c1C(=O)CCC2. The van der Waals surface area contributed by atoms with Gasteiger partial charge in [0.1, 0.15) is 10.7 Å². The molecule has 1 amide bonds. The van der Waals surface area contributed by atoms with Gasteiger partial charge in [0.2, 0.25) is 0 Å². The fourth-order valence-electron chi connectivity index (χ4n) is 4.69. The fourth-order valence-corrected chi connectivity index (χ4v) is 4.94. The first-order chi connectivity index (χ1) is 16.0. The van der Waals surface area contributed by atoms with E-state index in [1.807, 2.05) is 30.0 Å².